The Hall–Kier alpha value is -0.610. The number of hydrogen-bond donors (Lipinski definition) is 1. The van der Waals surface area contributed by atoms with Crippen LogP contribution in [0.3, 0.4) is 0 Å². The second-order valence-corrected chi connectivity index (χ2v) is 5.03. The summed E-state index contributed by atoms with van der Waals surface area (Å²) in [5.41, 5.74) is 5.63. The smallest absolute Gasteiger partial charge is 0.239 e. The average molecular weight is 225 g/mol. The molecule has 0 spiro atoms. The van der Waals surface area contributed by atoms with Gasteiger partial charge in [-0.05, 0) is 25.8 Å². The highest BCUT2D eigenvalue weighted by Gasteiger charge is 2.36. The summed E-state index contributed by atoms with van der Waals surface area (Å²) in [4.78, 5) is 16.4. The highest BCUT2D eigenvalue weighted by Crippen LogP contribution is 2.27. The van der Waals surface area contributed by atoms with Crippen LogP contribution in [0.25, 0.3) is 0 Å². The minimum absolute atomic E-state index is 0.0480. The van der Waals surface area contributed by atoms with Gasteiger partial charge in [-0.2, -0.15) is 0 Å². The number of carbonyl (C=O) groups excluding carboxylic acids is 1. The lowest BCUT2D eigenvalue weighted by Gasteiger charge is -2.42. The van der Waals surface area contributed by atoms with Crippen LogP contribution in [0.5, 0.6) is 0 Å². The zero-order chi connectivity index (χ0) is 11.5. The van der Waals surface area contributed by atoms with Crippen molar-refractivity contribution in [2.75, 3.05) is 26.7 Å². The van der Waals surface area contributed by atoms with Crippen molar-refractivity contribution in [2.24, 2.45) is 5.73 Å². The zero-order valence-corrected chi connectivity index (χ0v) is 10.2. The number of nitrogens with zero attached hydrogens (tertiary/aromatic N) is 2. The highest BCUT2D eigenvalue weighted by atomic mass is 16.2. The molecule has 2 N–H and O–H groups in total. The van der Waals surface area contributed by atoms with Gasteiger partial charge in [-0.1, -0.05) is 12.8 Å². The Morgan fingerprint density at radius 2 is 2.00 bits per heavy atom. The Morgan fingerprint density at radius 3 is 2.62 bits per heavy atom. The molecule has 0 aromatic heterocycles. The van der Waals surface area contributed by atoms with Crippen molar-refractivity contribution < 1.29 is 4.79 Å². The lowest BCUT2D eigenvalue weighted by atomic mass is 10.0. The van der Waals surface area contributed by atoms with Crippen molar-refractivity contribution in [1.82, 2.24) is 9.80 Å². The number of rotatable bonds is 3. The van der Waals surface area contributed by atoms with E-state index < -0.39 is 0 Å². The van der Waals surface area contributed by atoms with E-state index in [2.05, 4.69) is 4.90 Å². The second-order valence-electron chi connectivity index (χ2n) is 5.03. The number of hydrogen-bond acceptors (Lipinski definition) is 3. The van der Waals surface area contributed by atoms with Gasteiger partial charge in [0, 0.05) is 26.2 Å². The van der Waals surface area contributed by atoms with Gasteiger partial charge in [0.25, 0.3) is 0 Å². The molecule has 2 fully saturated rings. The van der Waals surface area contributed by atoms with E-state index in [1.54, 1.807) is 0 Å². The molecular formula is C12H23N3O. The highest BCUT2D eigenvalue weighted by molar-refractivity contribution is 5.82. The normalized spacial score (nSPS) is 29.0. The van der Waals surface area contributed by atoms with Gasteiger partial charge in [0.2, 0.25) is 5.91 Å². The molecule has 1 aliphatic heterocycles. The molecule has 1 saturated heterocycles. The van der Waals surface area contributed by atoms with Crippen molar-refractivity contribution >= 4 is 5.91 Å². The molecular weight excluding hydrogens is 202 g/mol. The summed E-state index contributed by atoms with van der Waals surface area (Å²) >= 11 is 0. The summed E-state index contributed by atoms with van der Waals surface area (Å²) in [6.45, 7) is 2.50. The van der Waals surface area contributed by atoms with Crippen molar-refractivity contribution in [3.05, 3.63) is 0 Å². The maximum atomic E-state index is 12.1. The first kappa shape index (κ1) is 11.9. The average Bonchev–Trinajstić information content (AvgIpc) is 2.79. The molecule has 0 aromatic rings. The molecule has 0 radical (unpaired) electrons. The van der Waals surface area contributed by atoms with Gasteiger partial charge in [0.05, 0.1) is 6.04 Å². The fourth-order valence-corrected chi connectivity index (χ4v) is 3.05. The van der Waals surface area contributed by atoms with Crippen LogP contribution in [0.4, 0.5) is 0 Å². The van der Waals surface area contributed by atoms with E-state index in [0.717, 1.165) is 19.5 Å². The molecule has 0 aromatic carbocycles. The van der Waals surface area contributed by atoms with Gasteiger partial charge in [0.1, 0.15) is 0 Å². The second kappa shape index (κ2) is 5.15. The van der Waals surface area contributed by atoms with Crippen LogP contribution < -0.4 is 5.73 Å². The lowest BCUT2D eigenvalue weighted by molar-refractivity contribution is -0.141. The SMILES string of the molecule is CN1CCN(C2CCCC2)C(CCN)C1=O. The number of amides is 1. The summed E-state index contributed by atoms with van der Waals surface area (Å²) in [7, 11) is 1.90. The zero-order valence-electron chi connectivity index (χ0n) is 10.2. The van der Waals surface area contributed by atoms with Crippen LogP contribution >= 0.6 is 0 Å². The Labute approximate surface area is 97.8 Å². The van der Waals surface area contributed by atoms with E-state index >= 15 is 0 Å². The van der Waals surface area contributed by atoms with E-state index in [9.17, 15) is 4.79 Å². The minimum Gasteiger partial charge on any atom is -0.343 e. The van der Waals surface area contributed by atoms with Gasteiger partial charge in [-0.3, -0.25) is 9.69 Å². The molecule has 2 rings (SSSR count). The number of piperazine rings is 1. The van der Waals surface area contributed by atoms with E-state index in [0.29, 0.717) is 12.6 Å². The quantitative estimate of drug-likeness (QED) is 0.757. The van der Waals surface area contributed by atoms with E-state index in [4.69, 9.17) is 5.73 Å². The Kier molecular flexibility index (Phi) is 3.82. The molecule has 1 aliphatic carbocycles. The van der Waals surface area contributed by atoms with Gasteiger partial charge < -0.3 is 10.6 Å². The standard InChI is InChI=1S/C12H23N3O/c1-14-8-9-15(10-4-2-3-5-10)11(6-7-13)12(14)16/h10-11H,2-9,13H2,1H3. The van der Waals surface area contributed by atoms with Crippen molar-refractivity contribution in [2.45, 2.75) is 44.2 Å². The summed E-state index contributed by atoms with van der Waals surface area (Å²) in [6, 6.07) is 0.682. The van der Waals surface area contributed by atoms with Crippen molar-refractivity contribution in [3.63, 3.8) is 0 Å². The molecule has 16 heavy (non-hydrogen) atoms. The maximum Gasteiger partial charge on any atom is 0.239 e. The third-order valence-electron chi connectivity index (χ3n) is 3.99. The van der Waals surface area contributed by atoms with E-state index in [1.807, 2.05) is 11.9 Å². The van der Waals surface area contributed by atoms with Gasteiger partial charge in [-0.15, -0.1) is 0 Å². The van der Waals surface area contributed by atoms with Crippen molar-refractivity contribution in [1.29, 1.82) is 0 Å². The minimum atomic E-state index is 0.0480. The molecule has 1 amide bonds. The molecule has 4 heteroatoms. The fraction of sp³-hybridized carbons (Fsp3) is 0.917. The molecule has 0 bridgehead atoms. The molecule has 1 unspecified atom stereocenters. The first-order valence-corrected chi connectivity index (χ1v) is 6.45. The van der Waals surface area contributed by atoms with Crippen LogP contribution in [0.15, 0.2) is 0 Å². The van der Waals surface area contributed by atoms with Gasteiger partial charge in [0.15, 0.2) is 0 Å². The van der Waals surface area contributed by atoms with Crippen LogP contribution in [-0.2, 0) is 4.79 Å². The molecule has 1 heterocycles. The molecule has 2 aliphatic rings. The van der Waals surface area contributed by atoms with Crippen LogP contribution in [-0.4, -0.2) is 54.5 Å². The summed E-state index contributed by atoms with van der Waals surface area (Å²) < 4.78 is 0. The molecule has 1 saturated carbocycles. The first-order chi connectivity index (χ1) is 7.74. The number of nitrogens with two attached hydrogens (primary N) is 1. The topological polar surface area (TPSA) is 49.6 Å². The molecule has 4 nitrogen and oxygen atoms in total. The predicted molar refractivity (Wildman–Crippen MR) is 64.1 cm³/mol. The summed E-state index contributed by atoms with van der Waals surface area (Å²) in [5.74, 6) is 0.267. The largest absolute Gasteiger partial charge is 0.343 e. The third kappa shape index (κ3) is 2.23. The van der Waals surface area contributed by atoms with Crippen LogP contribution in [0, 0.1) is 0 Å². The number of likely N-dealkylation sites (N-methyl/N-ethyl adjacent to an activating group) is 1. The molecule has 92 valence electrons. The Bertz CT molecular complexity index is 251. The summed E-state index contributed by atoms with van der Waals surface area (Å²) in [6.07, 6.45) is 5.97. The van der Waals surface area contributed by atoms with Gasteiger partial charge in [-0.25, -0.2) is 0 Å². The predicted octanol–water partition coefficient (Wildman–Crippen LogP) is 0.420. The van der Waals surface area contributed by atoms with Crippen molar-refractivity contribution in [3.8, 4) is 0 Å². The molecule has 1 atom stereocenters. The van der Waals surface area contributed by atoms with Crippen LogP contribution in [0.2, 0.25) is 0 Å². The maximum absolute atomic E-state index is 12.1. The fourth-order valence-electron chi connectivity index (χ4n) is 3.05. The monoisotopic (exact) mass is 225 g/mol. The van der Waals surface area contributed by atoms with E-state index in [-0.39, 0.29) is 11.9 Å². The van der Waals surface area contributed by atoms with Gasteiger partial charge >= 0.3 is 0 Å². The van der Waals surface area contributed by atoms with E-state index in [1.165, 1.54) is 25.7 Å². The Balaban J connectivity index is 2.06. The number of carbonyl (C=O) groups is 1. The first-order valence-electron chi connectivity index (χ1n) is 6.45. The van der Waals surface area contributed by atoms with Crippen LogP contribution in [0.1, 0.15) is 32.1 Å². The Morgan fingerprint density at radius 1 is 1.31 bits per heavy atom. The summed E-state index contributed by atoms with van der Waals surface area (Å²) in [5, 5.41) is 0. The third-order valence-corrected chi connectivity index (χ3v) is 3.99. The lowest BCUT2D eigenvalue weighted by Crippen LogP contribution is -2.58.